The molecule has 3 rings (SSSR count). The third kappa shape index (κ3) is 5.78. The Labute approximate surface area is 178 Å². The summed E-state index contributed by atoms with van der Waals surface area (Å²) in [4.78, 5) is 24.2. The monoisotopic (exact) mass is 452 g/mol. The van der Waals surface area contributed by atoms with Crippen LogP contribution in [0.5, 0.6) is 0 Å². The number of furan rings is 1. The third-order valence-electron chi connectivity index (χ3n) is 4.29. The van der Waals surface area contributed by atoms with Crippen molar-refractivity contribution in [3.63, 3.8) is 0 Å². The van der Waals surface area contributed by atoms with Crippen LogP contribution in [0.15, 0.2) is 75.6 Å². The second-order valence-corrected chi connectivity index (χ2v) is 7.39. The average Bonchev–Trinajstić information content (AvgIpc) is 3.22. The topological polar surface area (TPSA) is 56.5 Å². The zero-order chi connectivity index (χ0) is 20.6. The first-order valence-corrected chi connectivity index (χ1v) is 10.2. The molecule has 148 valence electrons. The number of ether oxygens (including phenoxy) is 1. The maximum atomic E-state index is 12.2. The number of carbonyl (C=O) groups is 2. The van der Waals surface area contributed by atoms with Gasteiger partial charge in [-0.15, -0.1) is 0 Å². The number of benzene rings is 2. The van der Waals surface area contributed by atoms with Crippen molar-refractivity contribution in [2.45, 2.75) is 19.8 Å². The first-order chi connectivity index (χ1) is 14.1. The van der Waals surface area contributed by atoms with Crippen LogP contribution in [-0.2, 0) is 4.74 Å². The summed E-state index contributed by atoms with van der Waals surface area (Å²) in [6, 6.07) is 17.9. The summed E-state index contributed by atoms with van der Waals surface area (Å²) >= 11 is 3.35. The molecule has 5 heteroatoms. The molecule has 0 atom stereocenters. The zero-order valence-corrected chi connectivity index (χ0v) is 17.6. The third-order valence-corrected chi connectivity index (χ3v) is 4.82. The molecule has 29 heavy (non-hydrogen) atoms. The molecule has 0 spiro atoms. The van der Waals surface area contributed by atoms with Crippen LogP contribution < -0.4 is 0 Å². The lowest BCUT2D eigenvalue weighted by Gasteiger charge is -2.04. The molecule has 0 aliphatic carbocycles. The zero-order valence-electron chi connectivity index (χ0n) is 16.1. The van der Waals surface area contributed by atoms with Crippen LogP contribution in [0.4, 0.5) is 0 Å². The lowest BCUT2D eigenvalue weighted by Crippen LogP contribution is -2.05. The van der Waals surface area contributed by atoms with Gasteiger partial charge in [0.1, 0.15) is 11.5 Å². The molecule has 0 aliphatic heterocycles. The summed E-state index contributed by atoms with van der Waals surface area (Å²) in [5, 5.41) is 0. The van der Waals surface area contributed by atoms with Gasteiger partial charge in [-0.2, -0.15) is 0 Å². The Hall–Kier alpha value is -2.92. The highest BCUT2D eigenvalue weighted by Gasteiger charge is 2.09. The van der Waals surface area contributed by atoms with E-state index in [-0.39, 0.29) is 11.8 Å². The molecule has 3 aromatic rings. The van der Waals surface area contributed by atoms with Crippen molar-refractivity contribution in [2.24, 2.45) is 0 Å². The lowest BCUT2D eigenvalue weighted by molar-refractivity contribution is 0.0499. The van der Waals surface area contributed by atoms with Crippen molar-refractivity contribution in [1.29, 1.82) is 0 Å². The number of ketones is 1. The maximum Gasteiger partial charge on any atom is 0.338 e. The maximum absolute atomic E-state index is 12.2. The molecule has 0 radical (unpaired) electrons. The van der Waals surface area contributed by atoms with Crippen LogP contribution in [-0.4, -0.2) is 18.4 Å². The van der Waals surface area contributed by atoms with Gasteiger partial charge in [0.15, 0.2) is 5.78 Å². The summed E-state index contributed by atoms with van der Waals surface area (Å²) in [5.74, 6) is 0.820. The van der Waals surface area contributed by atoms with Gasteiger partial charge in [-0.25, -0.2) is 4.79 Å². The Morgan fingerprint density at radius 1 is 0.966 bits per heavy atom. The fourth-order valence-corrected chi connectivity index (χ4v) is 2.89. The molecule has 1 heterocycles. The molecule has 0 bridgehead atoms. The van der Waals surface area contributed by atoms with E-state index in [1.54, 1.807) is 36.4 Å². The minimum Gasteiger partial charge on any atom is -0.462 e. The highest BCUT2D eigenvalue weighted by Crippen LogP contribution is 2.23. The van der Waals surface area contributed by atoms with Crippen LogP contribution in [0.3, 0.4) is 0 Å². The molecule has 0 saturated heterocycles. The Kier molecular flexibility index (Phi) is 7.19. The number of halogens is 1. The SMILES string of the molecule is CCCCOC(=O)c1ccc(-c2ccc(/C=C/C(=O)c3ccc(Br)cc3)o2)cc1. The first-order valence-electron chi connectivity index (χ1n) is 9.42. The molecule has 1 aromatic heterocycles. The van der Waals surface area contributed by atoms with Crippen molar-refractivity contribution in [2.75, 3.05) is 6.61 Å². The van der Waals surface area contributed by atoms with Gasteiger partial charge in [-0.05, 0) is 67.1 Å². The van der Waals surface area contributed by atoms with Crippen molar-refractivity contribution < 1.29 is 18.7 Å². The molecule has 0 N–H and O–H groups in total. The smallest absolute Gasteiger partial charge is 0.338 e. The highest BCUT2D eigenvalue weighted by atomic mass is 79.9. The number of hydrogen-bond donors (Lipinski definition) is 0. The number of rotatable bonds is 8. The van der Waals surface area contributed by atoms with Gasteiger partial charge in [0, 0.05) is 15.6 Å². The van der Waals surface area contributed by atoms with Crippen molar-refractivity contribution >= 4 is 33.8 Å². The summed E-state index contributed by atoms with van der Waals surface area (Å²) < 4.78 is 11.9. The van der Waals surface area contributed by atoms with Crippen molar-refractivity contribution in [3.8, 4) is 11.3 Å². The van der Waals surface area contributed by atoms with Crippen LogP contribution in [0.2, 0.25) is 0 Å². The minimum atomic E-state index is -0.320. The van der Waals surface area contributed by atoms with Crippen LogP contribution in [0.25, 0.3) is 17.4 Å². The molecular formula is C24H21BrO4. The molecular weight excluding hydrogens is 432 g/mol. The summed E-state index contributed by atoms with van der Waals surface area (Å²) in [7, 11) is 0. The van der Waals surface area contributed by atoms with Gasteiger partial charge < -0.3 is 9.15 Å². The van der Waals surface area contributed by atoms with Crippen molar-refractivity contribution in [1.82, 2.24) is 0 Å². The second kappa shape index (κ2) is 10.0. The van der Waals surface area contributed by atoms with Crippen molar-refractivity contribution in [3.05, 3.63) is 88.1 Å². The predicted molar refractivity (Wildman–Crippen MR) is 117 cm³/mol. The molecule has 0 amide bonds. The van der Waals surface area contributed by atoms with Crippen LogP contribution in [0, 0.1) is 0 Å². The Morgan fingerprint density at radius 2 is 1.66 bits per heavy atom. The summed E-state index contributed by atoms with van der Waals surface area (Å²) in [6.45, 7) is 2.48. The van der Waals surface area contributed by atoms with E-state index in [1.807, 2.05) is 37.3 Å². The predicted octanol–water partition coefficient (Wildman–Crippen LogP) is 6.56. The second-order valence-electron chi connectivity index (χ2n) is 6.47. The fraction of sp³-hybridized carbons (Fsp3) is 0.167. The average molecular weight is 453 g/mol. The number of allylic oxidation sites excluding steroid dienone is 1. The van der Waals surface area contributed by atoms with Gasteiger partial charge in [0.2, 0.25) is 0 Å². The van der Waals surface area contributed by atoms with Gasteiger partial charge in [-0.1, -0.05) is 41.4 Å². The molecule has 0 aliphatic rings. The van der Waals surface area contributed by atoms with Gasteiger partial charge >= 0.3 is 5.97 Å². The molecule has 0 fully saturated rings. The number of unbranched alkanes of at least 4 members (excludes halogenated alkanes) is 1. The summed E-state index contributed by atoms with van der Waals surface area (Å²) in [6.07, 6.45) is 4.97. The normalized spacial score (nSPS) is 11.0. The first kappa shape index (κ1) is 20.8. The fourth-order valence-electron chi connectivity index (χ4n) is 2.63. The van der Waals surface area contributed by atoms with E-state index in [2.05, 4.69) is 15.9 Å². The van der Waals surface area contributed by atoms with E-state index < -0.39 is 0 Å². The Morgan fingerprint density at radius 3 is 2.34 bits per heavy atom. The van der Waals surface area contributed by atoms with Crippen LogP contribution in [0.1, 0.15) is 46.2 Å². The van der Waals surface area contributed by atoms with Gasteiger partial charge in [-0.3, -0.25) is 4.79 Å². The molecule has 0 saturated carbocycles. The lowest BCUT2D eigenvalue weighted by atomic mass is 10.1. The van der Waals surface area contributed by atoms with E-state index in [0.29, 0.717) is 29.3 Å². The number of esters is 1. The van der Waals surface area contributed by atoms with E-state index in [9.17, 15) is 9.59 Å². The van der Waals surface area contributed by atoms with Gasteiger partial charge in [0.05, 0.1) is 12.2 Å². The van der Waals surface area contributed by atoms with Gasteiger partial charge in [0.25, 0.3) is 0 Å². The number of hydrogen-bond acceptors (Lipinski definition) is 4. The van der Waals surface area contributed by atoms with E-state index >= 15 is 0 Å². The van der Waals surface area contributed by atoms with E-state index in [0.717, 1.165) is 22.9 Å². The van der Waals surface area contributed by atoms with E-state index in [1.165, 1.54) is 6.08 Å². The minimum absolute atomic E-state index is 0.0959. The standard InChI is InChI=1S/C24H21BrO4/c1-2-3-16-28-24(27)19-6-4-18(5-7-19)23-15-13-21(29-23)12-14-22(26)17-8-10-20(25)11-9-17/h4-15H,2-3,16H2,1H3/b14-12+. The Balaban J connectivity index is 1.64. The largest absolute Gasteiger partial charge is 0.462 e. The molecule has 2 aromatic carbocycles. The molecule has 0 unspecified atom stereocenters. The number of carbonyl (C=O) groups excluding carboxylic acids is 2. The Bertz CT molecular complexity index is 998. The highest BCUT2D eigenvalue weighted by molar-refractivity contribution is 9.10. The summed E-state index contributed by atoms with van der Waals surface area (Å²) in [5.41, 5.74) is 1.96. The van der Waals surface area contributed by atoms with Crippen LogP contribution >= 0.6 is 15.9 Å². The quantitative estimate of drug-likeness (QED) is 0.168. The van der Waals surface area contributed by atoms with E-state index in [4.69, 9.17) is 9.15 Å². The molecule has 4 nitrogen and oxygen atoms in total.